The van der Waals surface area contributed by atoms with Crippen molar-refractivity contribution in [2.75, 3.05) is 23.7 Å². The van der Waals surface area contributed by atoms with E-state index in [0.717, 1.165) is 21.9 Å². The fraction of sp³-hybridized carbons (Fsp3) is 0.375. The zero-order valence-corrected chi connectivity index (χ0v) is 27.7. The monoisotopic (exact) mass is 675 g/mol. The molecule has 0 radical (unpaired) electrons. The third-order valence-electron chi connectivity index (χ3n) is 6.88. The smallest absolute Gasteiger partial charge is 0.243 e. The van der Waals surface area contributed by atoms with E-state index in [-0.39, 0.29) is 43.7 Å². The number of carbonyl (C=O) groups excluding carboxylic acids is 2. The summed E-state index contributed by atoms with van der Waals surface area (Å²) in [6.07, 6.45) is 1.82. The van der Waals surface area contributed by atoms with Crippen molar-refractivity contribution in [1.29, 1.82) is 0 Å². The van der Waals surface area contributed by atoms with Crippen molar-refractivity contribution in [3.8, 4) is 0 Å². The first-order valence-electron chi connectivity index (χ1n) is 13.9. The number of benzene rings is 3. The molecule has 2 amide bonds. The van der Waals surface area contributed by atoms with Gasteiger partial charge in [0.15, 0.2) is 0 Å². The van der Waals surface area contributed by atoms with Crippen molar-refractivity contribution < 1.29 is 18.0 Å². The Morgan fingerprint density at radius 3 is 2.24 bits per heavy atom. The zero-order valence-electron chi connectivity index (χ0n) is 24.5. The van der Waals surface area contributed by atoms with Gasteiger partial charge in [-0.05, 0) is 60.2 Å². The average Bonchev–Trinajstić information content (AvgIpc) is 2.94. The van der Waals surface area contributed by atoms with E-state index < -0.39 is 16.1 Å². The van der Waals surface area contributed by atoms with Gasteiger partial charge in [-0.25, -0.2) is 8.42 Å². The number of anilines is 1. The molecule has 3 aromatic rings. The Kier molecular flexibility index (Phi) is 12.4. The first kappa shape index (κ1) is 33.6. The van der Waals surface area contributed by atoms with E-state index >= 15 is 0 Å². The van der Waals surface area contributed by atoms with Gasteiger partial charge in [0, 0.05) is 42.0 Å². The highest BCUT2D eigenvalue weighted by Crippen LogP contribution is 2.28. The fourth-order valence-corrected chi connectivity index (χ4v) is 6.06. The lowest BCUT2D eigenvalue weighted by Gasteiger charge is -2.32. The predicted octanol–water partition coefficient (Wildman–Crippen LogP) is 6.37. The second-order valence-corrected chi connectivity index (χ2v) is 14.0. The van der Waals surface area contributed by atoms with Crippen LogP contribution in [-0.2, 0) is 32.6 Å². The van der Waals surface area contributed by atoms with Crippen molar-refractivity contribution in [3.63, 3.8) is 0 Å². The number of sulfonamides is 1. The van der Waals surface area contributed by atoms with Gasteiger partial charge in [0.25, 0.3) is 0 Å². The number of hydrogen-bond acceptors (Lipinski definition) is 4. The molecule has 0 heterocycles. The lowest BCUT2D eigenvalue weighted by Crippen LogP contribution is -2.51. The molecule has 0 aliphatic carbocycles. The summed E-state index contributed by atoms with van der Waals surface area (Å²) in [5, 5.41) is 3.49. The molecule has 10 heteroatoms. The maximum absolute atomic E-state index is 13.9. The van der Waals surface area contributed by atoms with Gasteiger partial charge in [-0.1, -0.05) is 89.9 Å². The van der Waals surface area contributed by atoms with Crippen LogP contribution < -0.4 is 9.62 Å². The Bertz CT molecular complexity index is 1450. The van der Waals surface area contributed by atoms with Gasteiger partial charge in [-0.3, -0.25) is 13.9 Å². The largest absolute Gasteiger partial charge is 0.354 e. The third kappa shape index (κ3) is 9.85. The predicted molar refractivity (Wildman–Crippen MR) is 174 cm³/mol. The molecule has 0 saturated heterocycles. The molecule has 1 atom stereocenters. The lowest BCUT2D eigenvalue weighted by molar-refractivity contribution is -0.141. The minimum atomic E-state index is -3.63. The van der Waals surface area contributed by atoms with Crippen LogP contribution >= 0.6 is 27.5 Å². The standard InChI is InChI=1S/C32H39BrClN3O4S/c1-23(2)21-35-32(39)30(20-25-10-6-5-7-11-25)36(22-26-15-17-27(33)18-16-26)31(38)14-9-19-37(42(4,40)41)29-13-8-12-28(34)24(29)3/h5-8,10-13,15-18,23,30H,9,14,19-22H2,1-4H3,(H,35,39). The van der Waals surface area contributed by atoms with E-state index in [1.165, 1.54) is 4.31 Å². The molecule has 7 nitrogen and oxygen atoms in total. The van der Waals surface area contributed by atoms with Crippen molar-refractivity contribution in [2.24, 2.45) is 5.92 Å². The molecule has 3 aromatic carbocycles. The Labute approximate surface area is 263 Å². The van der Waals surface area contributed by atoms with Gasteiger partial charge < -0.3 is 10.2 Å². The summed E-state index contributed by atoms with van der Waals surface area (Å²) in [7, 11) is -3.63. The van der Waals surface area contributed by atoms with Crippen LogP contribution in [0.4, 0.5) is 5.69 Å². The lowest BCUT2D eigenvalue weighted by atomic mass is 10.0. The van der Waals surface area contributed by atoms with Crippen LogP contribution in [0.1, 0.15) is 43.4 Å². The van der Waals surface area contributed by atoms with Gasteiger partial charge in [0.2, 0.25) is 21.8 Å². The molecule has 1 N–H and O–H groups in total. The summed E-state index contributed by atoms with van der Waals surface area (Å²) >= 11 is 9.73. The van der Waals surface area contributed by atoms with Crippen molar-refractivity contribution >= 4 is 55.1 Å². The van der Waals surface area contributed by atoms with E-state index in [0.29, 0.717) is 29.2 Å². The highest BCUT2D eigenvalue weighted by atomic mass is 79.9. The number of halogens is 2. The molecule has 0 aromatic heterocycles. The SMILES string of the molecule is Cc1c(Cl)cccc1N(CCCC(=O)N(Cc1ccc(Br)cc1)C(Cc1ccccc1)C(=O)NCC(C)C)S(C)(=O)=O. The average molecular weight is 677 g/mol. The van der Waals surface area contributed by atoms with Crippen molar-refractivity contribution in [3.05, 3.63) is 99.0 Å². The van der Waals surface area contributed by atoms with Crippen LogP contribution in [0.15, 0.2) is 77.3 Å². The number of amides is 2. The van der Waals surface area contributed by atoms with E-state index in [1.807, 2.05) is 68.4 Å². The van der Waals surface area contributed by atoms with Crippen LogP contribution in [0.3, 0.4) is 0 Å². The maximum Gasteiger partial charge on any atom is 0.243 e. The highest BCUT2D eigenvalue weighted by Gasteiger charge is 2.30. The molecule has 0 saturated carbocycles. The summed E-state index contributed by atoms with van der Waals surface area (Å²) in [6, 6.07) is 21.7. The summed E-state index contributed by atoms with van der Waals surface area (Å²) < 4.78 is 27.7. The number of carbonyl (C=O) groups is 2. The summed E-state index contributed by atoms with van der Waals surface area (Å²) in [5.74, 6) is -0.195. The Hall–Kier alpha value is -2.88. The normalized spacial score (nSPS) is 12.2. The van der Waals surface area contributed by atoms with Crippen molar-refractivity contribution in [1.82, 2.24) is 10.2 Å². The number of hydrogen-bond donors (Lipinski definition) is 1. The Morgan fingerprint density at radius 1 is 0.952 bits per heavy atom. The molecule has 0 bridgehead atoms. The first-order chi connectivity index (χ1) is 19.9. The molecular formula is C32H39BrClN3O4S. The maximum atomic E-state index is 13.9. The topological polar surface area (TPSA) is 86.8 Å². The molecule has 226 valence electrons. The van der Waals surface area contributed by atoms with Crippen LogP contribution in [0, 0.1) is 12.8 Å². The summed E-state index contributed by atoms with van der Waals surface area (Å²) in [4.78, 5) is 29.1. The highest BCUT2D eigenvalue weighted by molar-refractivity contribution is 9.10. The summed E-state index contributed by atoms with van der Waals surface area (Å²) in [6.45, 7) is 6.64. The number of nitrogens with zero attached hydrogens (tertiary/aromatic N) is 2. The second-order valence-electron chi connectivity index (χ2n) is 10.8. The van der Waals surface area contributed by atoms with Gasteiger partial charge in [0.1, 0.15) is 6.04 Å². The van der Waals surface area contributed by atoms with Gasteiger partial charge in [-0.2, -0.15) is 0 Å². The number of rotatable bonds is 14. The number of nitrogens with one attached hydrogen (secondary N) is 1. The zero-order chi connectivity index (χ0) is 30.9. The van der Waals surface area contributed by atoms with Crippen LogP contribution in [-0.4, -0.2) is 50.5 Å². The van der Waals surface area contributed by atoms with Crippen LogP contribution in [0.2, 0.25) is 5.02 Å². The quantitative estimate of drug-likeness (QED) is 0.215. The van der Waals surface area contributed by atoms with E-state index in [2.05, 4.69) is 21.2 Å². The van der Waals surface area contributed by atoms with Gasteiger partial charge >= 0.3 is 0 Å². The summed E-state index contributed by atoms with van der Waals surface area (Å²) in [5.41, 5.74) is 2.96. The van der Waals surface area contributed by atoms with Crippen molar-refractivity contribution in [2.45, 2.75) is 52.6 Å². The Morgan fingerprint density at radius 2 is 1.62 bits per heavy atom. The molecule has 1 unspecified atom stereocenters. The third-order valence-corrected chi connectivity index (χ3v) is 9.00. The molecular weight excluding hydrogens is 638 g/mol. The molecule has 0 aliphatic heterocycles. The van der Waals surface area contributed by atoms with E-state index in [4.69, 9.17) is 11.6 Å². The molecule has 0 aliphatic rings. The van der Waals surface area contributed by atoms with Gasteiger partial charge in [-0.15, -0.1) is 0 Å². The van der Waals surface area contributed by atoms with Gasteiger partial charge in [0.05, 0.1) is 11.9 Å². The molecule has 0 spiro atoms. The minimum absolute atomic E-state index is 0.0604. The Balaban J connectivity index is 1.89. The van der Waals surface area contributed by atoms with Crippen LogP contribution in [0.5, 0.6) is 0 Å². The first-order valence-corrected chi connectivity index (χ1v) is 17.0. The molecule has 3 rings (SSSR count). The second kappa shape index (κ2) is 15.5. The minimum Gasteiger partial charge on any atom is -0.354 e. The fourth-order valence-electron chi connectivity index (χ4n) is 4.61. The molecule has 0 fully saturated rings. The van der Waals surface area contributed by atoms with E-state index in [9.17, 15) is 18.0 Å². The molecule has 42 heavy (non-hydrogen) atoms. The van der Waals surface area contributed by atoms with Crippen LogP contribution in [0.25, 0.3) is 0 Å². The van der Waals surface area contributed by atoms with E-state index in [1.54, 1.807) is 30.0 Å².